The number of rotatable bonds is 6. The van der Waals surface area contributed by atoms with E-state index in [0.29, 0.717) is 0 Å². The fourth-order valence-corrected chi connectivity index (χ4v) is 4.44. The summed E-state index contributed by atoms with van der Waals surface area (Å²) in [5.74, 6) is 1.83. The van der Waals surface area contributed by atoms with Gasteiger partial charge in [0, 0.05) is 5.92 Å². The van der Waals surface area contributed by atoms with Gasteiger partial charge in [-0.25, -0.2) is 0 Å². The van der Waals surface area contributed by atoms with Gasteiger partial charge < -0.3 is 20.1 Å². The molecular formula is C23H29ClN2O3. The zero-order valence-corrected chi connectivity index (χ0v) is 17.8. The van der Waals surface area contributed by atoms with Crippen molar-refractivity contribution in [3.63, 3.8) is 0 Å². The fraction of sp³-hybridized carbons (Fsp3) is 0.435. The molecule has 2 aromatic carbocycles. The molecule has 1 heterocycles. The van der Waals surface area contributed by atoms with Crippen molar-refractivity contribution in [2.75, 3.05) is 27.3 Å². The number of carbonyl (C=O) groups is 1. The average molecular weight is 417 g/mol. The number of halogens is 1. The molecule has 4 rings (SSSR count). The van der Waals surface area contributed by atoms with E-state index in [2.05, 4.69) is 10.6 Å². The van der Waals surface area contributed by atoms with Crippen LogP contribution in [0.2, 0.25) is 0 Å². The van der Waals surface area contributed by atoms with E-state index in [4.69, 9.17) is 9.47 Å². The third kappa shape index (κ3) is 4.51. The third-order valence-corrected chi connectivity index (χ3v) is 6.25. The Morgan fingerprint density at radius 1 is 1.03 bits per heavy atom. The van der Waals surface area contributed by atoms with Gasteiger partial charge in [-0.05, 0) is 73.2 Å². The fourth-order valence-electron chi connectivity index (χ4n) is 4.44. The Balaban J connectivity index is 0.00000240. The van der Waals surface area contributed by atoms with E-state index >= 15 is 0 Å². The van der Waals surface area contributed by atoms with Crippen LogP contribution in [-0.2, 0) is 4.79 Å². The highest BCUT2D eigenvalue weighted by molar-refractivity contribution is 5.85. The molecule has 1 spiro atoms. The molecule has 1 amide bonds. The highest BCUT2D eigenvalue weighted by Gasteiger charge is 2.57. The van der Waals surface area contributed by atoms with E-state index in [1.807, 2.05) is 48.5 Å². The van der Waals surface area contributed by atoms with Crippen molar-refractivity contribution in [3.05, 3.63) is 59.7 Å². The molecule has 1 saturated heterocycles. The minimum atomic E-state index is -0.239. The summed E-state index contributed by atoms with van der Waals surface area (Å²) in [6, 6.07) is 15.5. The van der Waals surface area contributed by atoms with Crippen LogP contribution < -0.4 is 20.1 Å². The summed E-state index contributed by atoms with van der Waals surface area (Å²) < 4.78 is 10.8. The molecule has 2 N–H and O–H groups in total. The second kappa shape index (κ2) is 9.06. The van der Waals surface area contributed by atoms with E-state index < -0.39 is 0 Å². The first-order valence-electron chi connectivity index (χ1n) is 9.94. The van der Waals surface area contributed by atoms with Crippen molar-refractivity contribution < 1.29 is 14.3 Å². The highest BCUT2D eigenvalue weighted by Crippen LogP contribution is 2.58. The minimum Gasteiger partial charge on any atom is -0.497 e. The van der Waals surface area contributed by atoms with Gasteiger partial charge >= 0.3 is 0 Å². The number of benzene rings is 2. The summed E-state index contributed by atoms with van der Waals surface area (Å²) in [5.41, 5.74) is 2.21. The van der Waals surface area contributed by atoms with Crippen LogP contribution in [0.3, 0.4) is 0 Å². The van der Waals surface area contributed by atoms with Gasteiger partial charge in [-0.15, -0.1) is 12.4 Å². The average Bonchev–Trinajstić information content (AvgIpc) is 3.45. The van der Waals surface area contributed by atoms with Crippen molar-refractivity contribution in [2.45, 2.75) is 25.3 Å². The molecule has 0 bridgehead atoms. The van der Waals surface area contributed by atoms with Crippen LogP contribution in [0.15, 0.2) is 48.5 Å². The lowest BCUT2D eigenvalue weighted by molar-refractivity contribution is -0.123. The highest BCUT2D eigenvalue weighted by atomic mass is 35.5. The largest absolute Gasteiger partial charge is 0.497 e. The molecule has 156 valence electrons. The lowest BCUT2D eigenvalue weighted by Gasteiger charge is -2.25. The molecule has 1 aliphatic heterocycles. The first-order chi connectivity index (χ1) is 13.6. The Labute approximate surface area is 178 Å². The van der Waals surface area contributed by atoms with E-state index in [9.17, 15) is 4.79 Å². The molecule has 0 aromatic heterocycles. The first kappa shape index (κ1) is 21.5. The normalized spacial score (nSPS) is 19.3. The van der Waals surface area contributed by atoms with E-state index in [1.54, 1.807) is 14.2 Å². The summed E-state index contributed by atoms with van der Waals surface area (Å²) in [6.07, 6.45) is 3.19. The van der Waals surface area contributed by atoms with Gasteiger partial charge in [-0.1, -0.05) is 24.3 Å². The van der Waals surface area contributed by atoms with Crippen molar-refractivity contribution in [3.8, 4) is 11.5 Å². The summed E-state index contributed by atoms with van der Waals surface area (Å²) in [5, 5.41) is 6.71. The van der Waals surface area contributed by atoms with Gasteiger partial charge in [0.1, 0.15) is 11.5 Å². The molecule has 1 aliphatic carbocycles. The maximum atomic E-state index is 13.2. The summed E-state index contributed by atoms with van der Waals surface area (Å²) in [4.78, 5) is 13.2. The summed E-state index contributed by atoms with van der Waals surface area (Å²) in [7, 11) is 3.31. The Hall–Kier alpha value is -2.24. The topological polar surface area (TPSA) is 59.6 Å². The van der Waals surface area contributed by atoms with Crippen LogP contribution >= 0.6 is 12.4 Å². The Bertz CT molecular complexity index is 804. The Kier molecular flexibility index (Phi) is 6.70. The quantitative estimate of drug-likeness (QED) is 0.753. The van der Waals surface area contributed by atoms with Crippen LogP contribution in [0.1, 0.15) is 36.4 Å². The molecule has 1 atom stereocenters. The van der Waals surface area contributed by atoms with Gasteiger partial charge in [-0.3, -0.25) is 4.79 Å². The lowest BCUT2D eigenvalue weighted by Crippen LogP contribution is -2.35. The van der Waals surface area contributed by atoms with Crippen LogP contribution in [0.4, 0.5) is 0 Å². The Morgan fingerprint density at radius 2 is 1.59 bits per heavy atom. The number of hydrogen-bond donors (Lipinski definition) is 2. The lowest BCUT2D eigenvalue weighted by atomic mass is 9.91. The number of piperidine rings is 1. The molecule has 6 heteroatoms. The predicted octanol–water partition coefficient (Wildman–Crippen LogP) is 3.72. The maximum absolute atomic E-state index is 13.2. The Morgan fingerprint density at radius 3 is 2.10 bits per heavy atom. The molecule has 29 heavy (non-hydrogen) atoms. The van der Waals surface area contributed by atoms with Crippen LogP contribution in [0.25, 0.3) is 0 Å². The number of nitrogens with one attached hydrogen (secondary N) is 2. The van der Waals surface area contributed by atoms with Gasteiger partial charge in [0.15, 0.2) is 0 Å². The second-order valence-corrected chi connectivity index (χ2v) is 7.86. The van der Waals surface area contributed by atoms with Crippen molar-refractivity contribution in [1.82, 2.24) is 10.6 Å². The first-order valence-corrected chi connectivity index (χ1v) is 9.94. The van der Waals surface area contributed by atoms with Crippen LogP contribution in [-0.4, -0.2) is 33.2 Å². The molecule has 1 saturated carbocycles. The molecule has 2 fully saturated rings. The smallest absolute Gasteiger partial charge is 0.224 e. The van der Waals surface area contributed by atoms with E-state index in [-0.39, 0.29) is 35.7 Å². The van der Waals surface area contributed by atoms with Crippen LogP contribution in [0.5, 0.6) is 11.5 Å². The van der Waals surface area contributed by atoms with E-state index in [0.717, 1.165) is 55.0 Å². The summed E-state index contributed by atoms with van der Waals surface area (Å²) in [6.45, 7) is 2.03. The number of amides is 1. The molecule has 2 aliphatic rings. The minimum absolute atomic E-state index is 0. The van der Waals surface area contributed by atoms with Gasteiger partial charge in [-0.2, -0.15) is 0 Å². The number of carbonyl (C=O) groups excluding carboxylic acids is 1. The zero-order chi connectivity index (χ0) is 19.6. The molecule has 0 radical (unpaired) electrons. The van der Waals surface area contributed by atoms with Crippen molar-refractivity contribution >= 4 is 18.3 Å². The van der Waals surface area contributed by atoms with Crippen LogP contribution in [0, 0.1) is 11.3 Å². The molecule has 5 nitrogen and oxygen atoms in total. The maximum Gasteiger partial charge on any atom is 0.224 e. The molecule has 1 unspecified atom stereocenters. The van der Waals surface area contributed by atoms with Crippen molar-refractivity contribution in [2.24, 2.45) is 11.3 Å². The number of ether oxygens (including phenoxy) is 2. The van der Waals surface area contributed by atoms with Gasteiger partial charge in [0.05, 0.1) is 20.3 Å². The zero-order valence-electron chi connectivity index (χ0n) is 16.9. The summed E-state index contributed by atoms with van der Waals surface area (Å²) >= 11 is 0. The standard InChI is InChI=1S/C23H28N2O3.ClH/c1-27-18-7-3-5-16(13-18)21(17-6-4-8-19(14-17)28-2)25-22(26)20-15-23(20)9-11-24-12-10-23;/h3-8,13-14,20-21,24H,9-12,15H2,1-2H3,(H,25,26);1H. The SMILES string of the molecule is COc1cccc(C(NC(=O)C2CC23CCNCC3)c2cccc(OC)c2)c1.Cl. The second-order valence-electron chi connectivity index (χ2n) is 7.86. The number of hydrogen-bond acceptors (Lipinski definition) is 4. The third-order valence-electron chi connectivity index (χ3n) is 6.25. The van der Waals surface area contributed by atoms with E-state index in [1.165, 1.54) is 0 Å². The monoisotopic (exact) mass is 416 g/mol. The van der Waals surface area contributed by atoms with Crippen molar-refractivity contribution in [1.29, 1.82) is 0 Å². The number of methoxy groups -OCH3 is 2. The predicted molar refractivity (Wildman–Crippen MR) is 116 cm³/mol. The van der Waals surface area contributed by atoms with Gasteiger partial charge in [0.25, 0.3) is 0 Å². The molecular weight excluding hydrogens is 388 g/mol. The molecule has 2 aromatic rings. The van der Waals surface area contributed by atoms with Gasteiger partial charge in [0.2, 0.25) is 5.91 Å².